The summed E-state index contributed by atoms with van der Waals surface area (Å²) in [7, 11) is 0. The van der Waals surface area contributed by atoms with E-state index in [-0.39, 0.29) is 0 Å². The average Bonchev–Trinajstić information content (AvgIpc) is 2.63. The quantitative estimate of drug-likeness (QED) is 0.277. The van der Waals surface area contributed by atoms with E-state index in [0.29, 0.717) is 5.92 Å². The van der Waals surface area contributed by atoms with Gasteiger partial charge in [0.2, 0.25) is 0 Å². The zero-order valence-corrected chi connectivity index (χ0v) is 15.4. The second-order valence-electron chi connectivity index (χ2n) is 7.96. The molecule has 0 saturated heterocycles. The molecule has 0 heterocycles. The first kappa shape index (κ1) is 19.2. The molecule has 134 valence electrons. The van der Waals surface area contributed by atoms with Crippen LogP contribution < -0.4 is 0 Å². The van der Waals surface area contributed by atoms with Gasteiger partial charge >= 0.3 is 0 Å². The van der Waals surface area contributed by atoms with E-state index in [0.717, 1.165) is 17.8 Å². The molecule has 24 heavy (non-hydrogen) atoms. The van der Waals surface area contributed by atoms with Crippen molar-refractivity contribution in [2.24, 2.45) is 23.7 Å². The van der Waals surface area contributed by atoms with Crippen molar-refractivity contribution >= 4 is 0 Å². The predicted molar refractivity (Wildman–Crippen MR) is 99.0 cm³/mol. The Morgan fingerprint density at radius 1 is 1.00 bits per heavy atom. The molecule has 0 aliphatic heterocycles. The van der Waals surface area contributed by atoms with Crippen LogP contribution in [0.3, 0.4) is 0 Å². The van der Waals surface area contributed by atoms with Crippen LogP contribution in [0.15, 0.2) is 24.1 Å². The van der Waals surface area contributed by atoms with Crippen LogP contribution in [-0.4, -0.2) is 0 Å². The first-order valence-corrected chi connectivity index (χ1v) is 10.2. The van der Waals surface area contributed by atoms with E-state index >= 15 is 0 Å². The van der Waals surface area contributed by atoms with Crippen LogP contribution in [0, 0.1) is 35.0 Å². The fraction of sp³-hybridized carbons (Fsp3) is 0.773. The molecular formula is C22H34FN. The van der Waals surface area contributed by atoms with Crippen molar-refractivity contribution in [1.29, 1.82) is 5.26 Å². The summed E-state index contributed by atoms with van der Waals surface area (Å²) >= 11 is 0. The molecule has 2 saturated carbocycles. The molecule has 0 unspecified atom stereocenters. The molecule has 0 radical (unpaired) electrons. The van der Waals surface area contributed by atoms with E-state index < -0.39 is 5.83 Å². The molecule has 2 aliphatic rings. The van der Waals surface area contributed by atoms with Gasteiger partial charge in [-0.25, -0.2) is 0 Å². The lowest BCUT2D eigenvalue weighted by atomic mass is 9.68. The summed E-state index contributed by atoms with van der Waals surface area (Å²) in [5, 5.41) is 8.40. The maximum Gasteiger partial charge on any atom is 0.199 e. The van der Waals surface area contributed by atoms with E-state index in [1.807, 2.05) is 0 Å². The van der Waals surface area contributed by atoms with Gasteiger partial charge in [0.15, 0.2) is 5.83 Å². The molecule has 0 atom stereocenters. The highest BCUT2D eigenvalue weighted by Gasteiger charge is 2.30. The Balaban J connectivity index is 1.66. The van der Waals surface area contributed by atoms with Gasteiger partial charge in [0.05, 0.1) is 0 Å². The molecule has 1 nitrogen and oxygen atoms in total. The standard InChI is InChI=1S/C22H34FN/c1-2-3-4-6-18-9-13-20(14-10-18)21-15-11-19(12-16-21)7-5-8-22(23)17-24/h5,7-8,18-21H,2-4,6,9-16H2,1H3/b7-5+,22-8-. The van der Waals surface area contributed by atoms with Crippen molar-refractivity contribution in [3.8, 4) is 6.07 Å². The first-order chi connectivity index (χ1) is 11.7. The minimum Gasteiger partial charge on any atom is -0.195 e. The lowest BCUT2D eigenvalue weighted by Crippen LogP contribution is -2.25. The van der Waals surface area contributed by atoms with Crippen LogP contribution in [0.25, 0.3) is 0 Å². The summed E-state index contributed by atoms with van der Waals surface area (Å²) in [5.41, 5.74) is 0. The Morgan fingerprint density at radius 3 is 2.21 bits per heavy atom. The normalized spacial score (nSPS) is 32.0. The zero-order valence-electron chi connectivity index (χ0n) is 15.4. The minimum atomic E-state index is -0.698. The van der Waals surface area contributed by atoms with Crippen LogP contribution in [0.5, 0.6) is 0 Å². The van der Waals surface area contributed by atoms with Gasteiger partial charge in [0.1, 0.15) is 6.07 Å². The number of nitriles is 1. The number of halogens is 1. The minimum absolute atomic E-state index is 0.578. The highest BCUT2D eigenvalue weighted by atomic mass is 19.1. The fourth-order valence-electron chi connectivity index (χ4n) is 4.77. The number of rotatable bonds is 7. The topological polar surface area (TPSA) is 23.8 Å². The van der Waals surface area contributed by atoms with E-state index in [1.165, 1.54) is 89.2 Å². The van der Waals surface area contributed by atoms with Gasteiger partial charge in [-0.2, -0.15) is 9.65 Å². The predicted octanol–water partition coefficient (Wildman–Crippen LogP) is 7.11. The van der Waals surface area contributed by atoms with Crippen LogP contribution in [0.1, 0.15) is 84.0 Å². The van der Waals surface area contributed by atoms with Crippen LogP contribution in [0.2, 0.25) is 0 Å². The number of nitrogens with zero attached hydrogens (tertiary/aromatic N) is 1. The van der Waals surface area contributed by atoms with E-state index in [2.05, 4.69) is 13.0 Å². The van der Waals surface area contributed by atoms with Gasteiger partial charge in [-0.15, -0.1) is 0 Å². The third-order valence-corrected chi connectivity index (χ3v) is 6.32. The van der Waals surface area contributed by atoms with Crippen molar-refractivity contribution in [1.82, 2.24) is 0 Å². The third-order valence-electron chi connectivity index (χ3n) is 6.32. The lowest BCUT2D eigenvalue weighted by molar-refractivity contribution is 0.151. The molecule has 2 heteroatoms. The molecule has 2 fully saturated rings. The highest BCUT2D eigenvalue weighted by molar-refractivity contribution is 5.19. The largest absolute Gasteiger partial charge is 0.199 e. The van der Waals surface area contributed by atoms with Crippen molar-refractivity contribution in [2.45, 2.75) is 84.0 Å². The van der Waals surface area contributed by atoms with E-state index in [4.69, 9.17) is 5.26 Å². The van der Waals surface area contributed by atoms with E-state index in [1.54, 1.807) is 6.08 Å². The fourth-order valence-corrected chi connectivity index (χ4v) is 4.77. The average molecular weight is 332 g/mol. The number of allylic oxidation sites excluding steroid dienone is 4. The van der Waals surface area contributed by atoms with E-state index in [9.17, 15) is 4.39 Å². The Hall–Kier alpha value is -1.10. The van der Waals surface area contributed by atoms with Gasteiger partial charge in [0, 0.05) is 0 Å². The summed E-state index contributed by atoms with van der Waals surface area (Å²) in [6.45, 7) is 2.29. The molecule has 2 rings (SSSR count). The zero-order chi connectivity index (χ0) is 17.2. The van der Waals surface area contributed by atoms with Gasteiger partial charge < -0.3 is 0 Å². The molecule has 0 aromatic rings. The maximum atomic E-state index is 12.8. The van der Waals surface area contributed by atoms with Crippen molar-refractivity contribution < 1.29 is 4.39 Å². The SMILES string of the molecule is CCCCCC1CCC(C2CCC(/C=C/C=C(\F)C#N)CC2)CC1. The Labute approximate surface area is 148 Å². The molecule has 0 spiro atoms. The first-order valence-electron chi connectivity index (χ1n) is 10.2. The molecular weight excluding hydrogens is 297 g/mol. The Bertz CT molecular complexity index is 443. The van der Waals surface area contributed by atoms with Gasteiger partial charge in [-0.3, -0.25) is 0 Å². The molecule has 0 amide bonds. The van der Waals surface area contributed by atoms with Gasteiger partial charge in [-0.1, -0.05) is 57.6 Å². The number of hydrogen-bond acceptors (Lipinski definition) is 1. The van der Waals surface area contributed by atoms with Crippen molar-refractivity contribution in [3.63, 3.8) is 0 Å². The van der Waals surface area contributed by atoms with Crippen molar-refractivity contribution in [2.75, 3.05) is 0 Å². The molecule has 0 aromatic heterocycles. The summed E-state index contributed by atoms with van der Waals surface area (Å²) in [6.07, 6.45) is 21.7. The summed E-state index contributed by atoms with van der Waals surface area (Å²) in [4.78, 5) is 0. The molecule has 0 bridgehead atoms. The molecule has 0 N–H and O–H groups in total. The summed E-state index contributed by atoms with van der Waals surface area (Å²) < 4.78 is 12.8. The summed E-state index contributed by atoms with van der Waals surface area (Å²) in [5.74, 6) is 2.78. The Kier molecular flexibility index (Phi) is 8.57. The van der Waals surface area contributed by atoms with Crippen LogP contribution >= 0.6 is 0 Å². The monoisotopic (exact) mass is 331 g/mol. The second-order valence-corrected chi connectivity index (χ2v) is 7.96. The smallest absolute Gasteiger partial charge is 0.195 e. The van der Waals surface area contributed by atoms with Crippen molar-refractivity contribution in [3.05, 3.63) is 24.1 Å². The Morgan fingerprint density at radius 2 is 1.62 bits per heavy atom. The van der Waals surface area contributed by atoms with Gasteiger partial charge in [-0.05, 0) is 68.3 Å². The second kappa shape index (κ2) is 10.7. The molecule has 0 aromatic carbocycles. The third kappa shape index (κ3) is 6.42. The maximum absolute atomic E-state index is 12.8. The number of hydrogen-bond donors (Lipinski definition) is 0. The van der Waals surface area contributed by atoms with Crippen LogP contribution in [0.4, 0.5) is 4.39 Å². The van der Waals surface area contributed by atoms with Gasteiger partial charge in [0.25, 0.3) is 0 Å². The number of unbranched alkanes of at least 4 members (excludes halogenated alkanes) is 2. The highest BCUT2D eigenvalue weighted by Crippen LogP contribution is 2.42. The lowest BCUT2D eigenvalue weighted by Gasteiger charge is -2.37. The molecule has 2 aliphatic carbocycles. The van der Waals surface area contributed by atoms with Crippen LogP contribution in [-0.2, 0) is 0 Å². The summed E-state index contributed by atoms with van der Waals surface area (Å²) in [6, 6.07) is 1.52.